The highest BCUT2D eigenvalue weighted by Gasteiger charge is 2.31. The zero-order valence-electron chi connectivity index (χ0n) is 11.6. The third kappa shape index (κ3) is 3.61. The van der Waals surface area contributed by atoms with E-state index in [-0.39, 0.29) is 0 Å². The minimum atomic E-state index is -3.11. The third-order valence-corrected chi connectivity index (χ3v) is 6.31. The number of nitrogens with zero attached hydrogens (tertiary/aromatic N) is 1. The topological polar surface area (TPSA) is 49.4 Å². The first-order valence-corrected chi connectivity index (χ1v) is 9.88. The van der Waals surface area contributed by atoms with E-state index in [0.717, 1.165) is 23.5 Å². The molecule has 1 aromatic rings. The van der Waals surface area contributed by atoms with Gasteiger partial charge in [0.05, 0.1) is 0 Å². The minimum absolute atomic E-state index is 0.465. The van der Waals surface area contributed by atoms with E-state index in [2.05, 4.69) is 5.32 Å². The molecule has 0 spiro atoms. The number of sulfone groups is 1. The summed E-state index contributed by atoms with van der Waals surface area (Å²) in [5, 5.41) is 3.26. The van der Waals surface area contributed by atoms with Gasteiger partial charge in [0.15, 0.2) is 9.84 Å². The molecule has 0 radical (unpaired) electrons. The van der Waals surface area contributed by atoms with Crippen LogP contribution in [0.2, 0.25) is 5.02 Å². The van der Waals surface area contributed by atoms with Crippen LogP contribution in [0.3, 0.4) is 0 Å². The van der Waals surface area contributed by atoms with E-state index >= 15 is 0 Å². The number of anilines is 1. The number of benzene rings is 1. The highest BCUT2D eigenvalue weighted by Crippen LogP contribution is 2.30. The van der Waals surface area contributed by atoms with Crippen molar-refractivity contribution in [3.8, 4) is 0 Å². The summed E-state index contributed by atoms with van der Waals surface area (Å²) >= 11 is 7.95. The summed E-state index contributed by atoms with van der Waals surface area (Å²) in [6.07, 6.45) is 1.30. The molecule has 0 saturated carbocycles. The second kappa shape index (κ2) is 6.56. The first-order chi connectivity index (χ1) is 9.43. The summed E-state index contributed by atoms with van der Waals surface area (Å²) in [5.74, 6) is 1.54. The van der Waals surface area contributed by atoms with Crippen LogP contribution in [0.4, 0.5) is 5.69 Å². The molecule has 1 saturated heterocycles. The van der Waals surface area contributed by atoms with Crippen molar-refractivity contribution in [1.82, 2.24) is 5.32 Å². The lowest BCUT2D eigenvalue weighted by molar-refractivity contribution is 0.584. The summed E-state index contributed by atoms with van der Waals surface area (Å²) in [4.78, 5) is 1.95. The van der Waals surface area contributed by atoms with Crippen molar-refractivity contribution in [2.24, 2.45) is 0 Å². The standard InChI is InChI=1S/C13H19ClN2O2S2/c1-15-8-10-3-4-11(7-12(10)14)16-5-6-19-9-13(16)20(2,17)18/h3-4,7,13,15H,5-6,8-9H2,1-2H3. The quantitative estimate of drug-likeness (QED) is 0.912. The molecule has 0 bridgehead atoms. The maximum absolute atomic E-state index is 11.9. The molecule has 1 aliphatic heterocycles. The fraction of sp³-hybridized carbons (Fsp3) is 0.538. The predicted octanol–water partition coefficient (Wildman–Crippen LogP) is 1.98. The van der Waals surface area contributed by atoms with Crippen LogP contribution in [-0.4, -0.2) is 45.1 Å². The number of hydrogen-bond acceptors (Lipinski definition) is 5. The fourth-order valence-electron chi connectivity index (χ4n) is 2.28. The molecule has 1 atom stereocenters. The van der Waals surface area contributed by atoms with Gasteiger partial charge in [0, 0.05) is 41.6 Å². The number of halogens is 1. The van der Waals surface area contributed by atoms with E-state index in [1.54, 1.807) is 11.8 Å². The van der Waals surface area contributed by atoms with Gasteiger partial charge in [0.1, 0.15) is 5.37 Å². The lowest BCUT2D eigenvalue weighted by Gasteiger charge is -2.36. The van der Waals surface area contributed by atoms with Crippen molar-refractivity contribution < 1.29 is 8.42 Å². The van der Waals surface area contributed by atoms with Gasteiger partial charge in [0.25, 0.3) is 0 Å². The minimum Gasteiger partial charge on any atom is -0.353 e. The molecule has 0 aromatic heterocycles. The van der Waals surface area contributed by atoms with Gasteiger partial charge < -0.3 is 10.2 Å². The molecule has 1 heterocycles. The van der Waals surface area contributed by atoms with Gasteiger partial charge >= 0.3 is 0 Å². The average molecular weight is 335 g/mol. The first kappa shape index (κ1) is 15.9. The molecule has 4 nitrogen and oxygen atoms in total. The number of hydrogen-bond donors (Lipinski definition) is 1. The molecular weight excluding hydrogens is 316 g/mol. The molecule has 112 valence electrons. The van der Waals surface area contributed by atoms with Crippen molar-refractivity contribution in [2.45, 2.75) is 11.9 Å². The monoisotopic (exact) mass is 334 g/mol. The Morgan fingerprint density at radius 3 is 2.85 bits per heavy atom. The first-order valence-electron chi connectivity index (χ1n) is 6.40. The normalized spacial score (nSPS) is 20.1. The fourth-order valence-corrected chi connectivity index (χ4v) is 5.36. The molecule has 1 unspecified atom stereocenters. The predicted molar refractivity (Wildman–Crippen MR) is 87.5 cm³/mol. The van der Waals surface area contributed by atoms with Crippen LogP contribution in [0.5, 0.6) is 0 Å². The molecule has 0 amide bonds. The molecule has 1 aromatic carbocycles. The van der Waals surface area contributed by atoms with E-state index in [4.69, 9.17) is 11.6 Å². The van der Waals surface area contributed by atoms with Crippen molar-refractivity contribution >= 4 is 38.9 Å². The van der Waals surface area contributed by atoms with Gasteiger partial charge in [-0.2, -0.15) is 11.8 Å². The van der Waals surface area contributed by atoms with Gasteiger partial charge in [-0.3, -0.25) is 0 Å². The highest BCUT2D eigenvalue weighted by atomic mass is 35.5. The van der Waals surface area contributed by atoms with Crippen molar-refractivity contribution in [3.63, 3.8) is 0 Å². The van der Waals surface area contributed by atoms with Crippen LogP contribution < -0.4 is 10.2 Å². The van der Waals surface area contributed by atoms with Crippen molar-refractivity contribution in [2.75, 3.05) is 36.3 Å². The Morgan fingerprint density at radius 2 is 2.25 bits per heavy atom. The number of thioether (sulfide) groups is 1. The molecule has 1 N–H and O–H groups in total. The Balaban J connectivity index is 2.31. The van der Waals surface area contributed by atoms with Gasteiger partial charge in [-0.05, 0) is 24.7 Å². The van der Waals surface area contributed by atoms with Gasteiger partial charge in [-0.25, -0.2) is 8.42 Å². The highest BCUT2D eigenvalue weighted by molar-refractivity contribution is 8.01. The van der Waals surface area contributed by atoms with Crippen LogP contribution in [0.1, 0.15) is 5.56 Å². The van der Waals surface area contributed by atoms with Crippen LogP contribution >= 0.6 is 23.4 Å². The summed E-state index contributed by atoms with van der Waals surface area (Å²) in [7, 11) is -1.24. The Labute approximate surface area is 129 Å². The Hall–Kier alpha value is -0.430. The number of nitrogens with one attached hydrogen (secondary N) is 1. The van der Waals surface area contributed by atoms with Crippen LogP contribution in [0.25, 0.3) is 0 Å². The largest absolute Gasteiger partial charge is 0.353 e. The van der Waals surface area contributed by atoms with E-state index in [1.807, 2.05) is 30.1 Å². The Morgan fingerprint density at radius 1 is 1.50 bits per heavy atom. The second-order valence-corrected chi connectivity index (χ2v) is 8.62. The molecule has 1 fully saturated rings. The lowest BCUT2D eigenvalue weighted by atomic mass is 10.2. The average Bonchev–Trinajstić information content (AvgIpc) is 2.40. The van der Waals surface area contributed by atoms with Crippen LogP contribution in [0, 0.1) is 0 Å². The maximum Gasteiger partial charge on any atom is 0.169 e. The van der Waals surface area contributed by atoms with Gasteiger partial charge in [-0.1, -0.05) is 17.7 Å². The molecule has 1 aliphatic rings. The Kier molecular flexibility index (Phi) is 5.23. The van der Waals surface area contributed by atoms with Crippen molar-refractivity contribution in [1.29, 1.82) is 0 Å². The van der Waals surface area contributed by atoms with E-state index in [0.29, 0.717) is 17.3 Å². The zero-order chi connectivity index (χ0) is 14.8. The summed E-state index contributed by atoms with van der Waals surface area (Å²) < 4.78 is 23.9. The maximum atomic E-state index is 11.9. The summed E-state index contributed by atoms with van der Waals surface area (Å²) in [5.41, 5.74) is 1.89. The molecule has 20 heavy (non-hydrogen) atoms. The molecule has 7 heteroatoms. The summed E-state index contributed by atoms with van der Waals surface area (Å²) in [6.45, 7) is 1.43. The lowest BCUT2D eigenvalue weighted by Crippen LogP contribution is -2.47. The van der Waals surface area contributed by atoms with E-state index in [1.165, 1.54) is 6.26 Å². The smallest absolute Gasteiger partial charge is 0.169 e. The van der Waals surface area contributed by atoms with Crippen molar-refractivity contribution in [3.05, 3.63) is 28.8 Å². The third-order valence-electron chi connectivity index (χ3n) is 3.31. The van der Waals surface area contributed by atoms with Crippen LogP contribution in [0.15, 0.2) is 18.2 Å². The van der Waals surface area contributed by atoms with Gasteiger partial charge in [-0.15, -0.1) is 0 Å². The van der Waals surface area contributed by atoms with E-state index in [9.17, 15) is 8.42 Å². The van der Waals surface area contributed by atoms with Crippen LogP contribution in [-0.2, 0) is 16.4 Å². The Bertz CT molecular complexity index is 578. The zero-order valence-corrected chi connectivity index (χ0v) is 14.0. The molecule has 0 aliphatic carbocycles. The molecule has 2 rings (SSSR count). The van der Waals surface area contributed by atoms with Gasteiger partial charge in [0.2, 0.25) is 0 Å². The molecular formula is C13H19ClN2O2S2. The number of rotatable bonds is 4. The van der Waals surface area contributed by atoms with E-state index < -0.39 is 15.2 Å². The summed E-state index contributed by atoms with van der Waals surface area (Å²) in [6, 6.07) is 5.77. The SMILES string of the molecule is CNCc1ccc(N2CCSCC2S(C)(=O)=O)cc1Cl. The second-order valence-electron chi connectivity index (χ2n) is 4.86.